The average molecular weight is 445 g/mol. The zero-order valence-corrected chi connectivity index (χ0v) is 21.6. The lowest BCUT2D eigenvalue weighted by Crippen LogP contribution is -2.55. The molecule has 0 spiro atoms. The van der Waals surface area contributed by atoms with Crippen LogP contribution in [-0.2, 0) is 4.79 Å². The van der Waals surface area contributed by atoms with Crippen molar-refractivity contribution in [3.63, 3.8) is 0 Å². The van der Waals surface area contributed by atoms with Gasteiger partial charge in [0.05, 0.1) is 0 Å². The molecule has 0 aromatic rings. The minimum atomic E-state index is 0.371. The van der Waals surface area contributed by atoms with E-state index in [9.17, 15) is 4.79 Å². The number of carbonyl (C=O) groups excluding carboxylic acids is 1. The largest absolute Gasteiger partial charge is 0.330 e. The van der Waals surface area contributed by atoms with Crippen LogP contribution in [0.4, 0.5) is 0 Å². The van der Waals surface area contributed by atoms with E-state index >= 15 is 0 Å². The van der Waals surface area contributed by atoms with Gasteiger partial charge in [0.1, 0.15) is 5.78 Å². The molecule has 0 saturated heterocycles. The Bertz CT molecular complexity index is 649. The summed E-state index contributed by atoms with van der Waals surface area (Å²) in [6.07, 6.45) is 17.2. The SMILES string of the molecule is CC(=O)CCC(C)C1CCC2C3CCC4CC(NCCCCN)CCC4(C)C3CCC12C. The Hall–Kier alpha value is -0.410. The summed E-state index contributed by atoms with van der Waals surface area (Å²) in [7, 11) is 0. The molecule has 0 aromatic carbocycles. The van der Waals surface area contributed by atoms with Crippen LogP contribution < -0.4 is 11.1 Å². The van der Waals surface area contributed by atoms with E-state index in [2.05, 4.69) is 26.1 Å². The lowest BCUT2D eigenvalue weighted by atomic mass is 9.44. The average Bonchev–Trinajstić information content (AvgIpc) is 3.12. The molecule has 3 heteroatoms. The Kier molecular flexibility index (Phi) is 7.77. The molecule has 0 radical (unpaired) electrons. The van der Waals surface area contributed by atoms with Crippen molar-refractivity contribution in [2.45, 2.75) is 117 Å². The molecule has 0 aliphatic heterocycles. The molecule has 0 heterocycles. The van der Waals surface area contributed by atoms with E-state index in [4.69, 9.17) is 5.73 Å². The normalized spacial score (nSPS) is 44.4. The number of unbranched alkanes of at least 4 members (excludes halogenated alkanes) is 1. The summed E-state index contributed by atoms with van der Waals surface area (Å²) in [5.74, 6) is 5.72. The molecule has 4 rings (SSSR count). The zero-order chi connectivity index (χ0) is 22.9. The van der Waals surface area contributed by atoms with Crippen LogP contribution >= 0.6 is 0 Å². The first kappa shape index (κ1) is 24.7. The fourth-order valence-corrected chi connectivity index (χ4v) is 9.63. The number of nitrogens with one attached hydrogen (secondary N) is 1. The van der Waals surface area contributed by atoms with Gasteiger partial charge >= 0.3 is 0 Å². The Morgan fingerprint density at radius 3 is 2.50 bits per heavy atom. The highest BCUT2D eigenvalue weighted by atomic mass is 16.1. The molecule has 4 aliphatic rings. The minimum Gasteiger partial charge on any atom is -0.330 e. The van der Waals surface area contributed by atoms with Gasteiger partial charge in [-0.25, -0.2) is 0 Å². The highest BCUT2D eigenvalue weighted by molar-refractivity contribution is 5.75. The molecular weight excluding hydrogens is 392 g/mol. The molecule has 184 valence electrons. The number of carbonyl (C=O) groups is 1. The number of fused-ring (bicyclic) bond motifs is 5. The van der Waals surface area contributed by atoms with Crippen molar-refractivity contribution < 1.29 is 4.79 Å². The van der Waals surface area contributed by atoms with Gasteiger partial charge in [0, 0.05) is 12.5 Å². The van der Waals surface area contributed by atoms with Gasteiger partial charge in [0.2, 0.25) is 0 Å². The summed E-state index contributed by atoms with van der Waals surface area (Å²) in [4.78, 5) is 11.6. The van der Waals surface area contributed by atoms with Crippen molar-refractivity contribution in [2.75, 3.05) is 13.1 Å². The summed E-state index contributed by atoms with van der Waals surface area (Å²) in [6, 6.07) is 0.745. The van der Waals surface area contributed by atoms with Crippen LogP contribution in [0.2, 0.25) is 0 Å². The Labute approximate surface area is 198 Å². The van der Waals surface area contributed by atoms with Crippen molar-refractivity contribution in [3.8, 4) is 0 Å². The van der Waals surface area contributed by atoms with Gasteiger partial charge in [-0.15, -0.1) is 0 Å². The summed E-state index contributed by atoms with van der Waals surface area (Å²) in [6.45, 7) is 11.6. The van der Waals surface area contributed by atoms with Gasteiger partial charge in [0.15, 0.2) is 0 Å². The lowest BCUT2D eigenvalue weighted by molar-refractivity contribution is -0.120. The number of hydrogen-bond acceptors (Lipinski definition) is 3. The molecule has 0 amide bonds. The van der Waals surface area contributed by atoms with E-state index in [0.29, 0.717) is 22.5 Å². The van der Waals surface area contributed by atoms with Gasteiger partial charge in [-0.05, 0) is 143 Å². The number of rotatable bonds is 9. The maximum atomic E-state index is 11.6. The second-order valence-corrected chi connectivity index (χ2v) is 13.0. The van der Waals surface area contributed by atoms with Gasteiger partial charge in [-0.1, -0.05) is 20.8 Å². The predicted octanol–water partition coefficient (Wildman–Crippen LogP) is 6.35. The van der Waals surface area contributed by atoms with E-state index in [1.54, 1.807) is 6.92 Å². The van der Waals surface area contributed by atoms with Crippen LogP contribution in [-0.4, -0.2) is 24.9 Å². The first-order valence-corrected chi connectivity index (χ1v) is 14.2. The summed E-state index contributed by atoms with van der Waals surface area (Å²) >= 11 is 0. The quantitative estimate of drug-likeness (QED) is 0.408. The fraction of sp³-hybridized carbons (Fsp3) is 0.966. The first-order valence-electron chi connectivity index (χ1n) is 14.2. The number of nitrogens with two attached hydrogens (primary N) is 1. The third-order valence-corrected chi connectivity index (χ3v) is 11.4. The fourth-order valence-electron chi connectivity index (χ4n) is 9.63. The maximum Gasteiger partial charge on any atom is 0.129 e. The number of ketones is 1. The standard InChI is InChI=1S/C29H52N2O/c1-20(7-8-21(2)32)25-11-12-26-24-10-9-22-19-23(31-18-6-5-17-30)13-15-28(22,3)27(24)14-16-29(25,26)4/h20,22-27,31H,5-19,30H2,1-4H3. The van der Waals surface area contributed by atoms with Crippen molar-refractivity contribution >= 4 is 5.78 Å². The van der Waals surface area contributed by atoms with Crippen LogP contribution in [0.15, 0.2) is 0 Å². The molecule has 3 nitrogen and oxygen atoms in total. The van der Waals surface area contributed by atoms with Crippen LogP contribution in [0.3, 0.4) is 0 Å². The van der Waals surface area contributed by atoms with Crippen LogP contribution in [0.1, 0.15) is 111 Å². The van der Waals surface area contributed by atoms with Gasteiger partial charge < -0.3 is 15.8 Å². The van der Waals surface area contributed by atoms with Crippen LogP contribution in [0.5, 0.6) is 0 Å². The van der Waals surface area contributed by atoms with E-state index in [0.717, 1.165) is 68.0 Å². The second kappa shape index (κ2) is 10.1. The van der Waals surface area contributed by atoms with E-state index in [1.165, 1.54) is 64.2 Å². The topological polar surface area (TPSA) is 55.1 Å². The molecule has 0 aromatic heterocycles. The summed E-state index contributed by atoms with van der Waals surface area (Å²) in [5, 5.41) is 3.88. The smallest absolute Gasteiger partial charge is 0.129 e. The Morgan fingerprint density at radius 1 is 1.00 bits per heavy atom. The van der Waals surface area contributed by atoms with E-state index < -0.39 is 0 Å². The van der Waals surface area contributed by atoms with Crippen molar-refractivity contribution in [3.05, 3.63) is 0 Å². The molecule has 4 aliphatic carbocycles. The molecule has 32 heavy (non-hydrogen) atoms. The summed E-state index contributed by atoms with van der Waals surface area (Å²) in [5.41, 5.74) is 6.78. The monoisotopic (exact) mass is 444 g/mol. The third kappa shape index (κ3) is 4.59. The molecule has 9 unspecified atom stereocenters. The Morgan fingerprint density at radius 2 is 1.75 bits per heavy atom. The lowest BCUT2D eigenvalue weighted by Gasteiger charge is -2.61. The maximum absolute atomic E-state index is 11.6. The van der Waals surface area contributed by atoms with E-state index in [-0.39, 0.29) is 0 Å². The van der Waals surface area contributed by atoms with Gasteiger partial charge in [0.25, 0.3) is 0 Å². The van der Waals surface area contributed by atoms with Crippen molar-refractivity contribution in [2.24, 2.45) is 52.1 Å². The van der Waals surface area contributed by atoms with Crippen LogP contribution in [0.25, 0.3) is 0 Å². The summed E-state index contributed by atoms with van der Waals surface area (Å²) < 4.78 is 0. The molecule has 3 N–H and O–H groups in total. The Balaban J connectivity index is 1.39. The molecule has 0 bridgehead atoms. The van der Waals surface area contributed by atoms with E-state index in [1.807, 2.05) is 0 Å². The molecular formula is C29H52N2O. The molecule has 9 atom stereocenters. The first-order chi connectivity index (χ1) is 15.3. The highest BCUT2D eigenvalue weighted by Crippen LogP contribution is 2.68. The zero-order valence-electron chi connectivity index (χ0n) is 21.6. The molecule has 4 saturated carbocycles. The predicted molar refractivity (Wildman–Crippen MR) is 134 cm³/mol. The van der Waals surface area contributed by atoms with Crippen molar-refractivity contribution in [1.82, 2.24) is 5.32 Å². The number of Topliss-reactive ketones (excluding diaryl/α,β-unsaturated/α-hetero) is 1. The van der Waals surface area contributed by atoms with Gasteiger partial charge in [-0.3, -0.25) is 0 Å². The van der Waals surface area contributed by atoms with Gasteiger partial charge in [-0.2, -0.15) is 0 Å². The highest BCUT2D eigenvalue weighted by Gasteiger charge is 2.60. The number of hydrogen-bond donors (Lipinski definition) is 2. The minimum absolute atomic E-state index is 0.371. The molecule has 4 fully saturated rings. The third-order valence-electron chi connectivity index (χ3n) is 11.4. The second-order valence-electron chi connectivity index (χ2n) is 13.0. The van der Waals surface area contributed by atoms with Crippen molar-refractivity contribution in [1.29, 1.82) is 0 Å². The van der Waals surface area contributed by atoms with Crippen LogP contribution in [0, 0.1) is 46.3 Å².